The molecule has 138 valence electrons. The first-order valence-electron chi connectivity index (χ1n) is 8.17. The minimum Gasteiger partial charge on any atom is -0.452 e. The van der Waals surface area contributed by atoms with Crippen molar-refractivity contribution in [3.05, 3.63) is 57.9 Å². The van der Waals surface area contributed by atoms with Crippen LogP contribution in [0.1, 0.15) is 35.5 Å². The van der Waals surface area contributed by atoms with E-state index in [0.29, 0.717) is 5.02 Å². The Morgan fingerprint density at radius 2 is 1.96 bits per heavy atom. The van der Waals surface area contributed by atoms with Crippen molar-refractivity contribution in [1.29, 1.82) is 0 Å². The molecule has 0 bridgehead atoms. The minimum atomic E-state index is -0.582. The average Bonchev–Trinajstić information content (AvgIpc) is 2.84. The number of carbonyl (C=O) groups excluding carboxylic acids is 2. The number of rotatable bonds is 6. The molecule has 1 N–H and O–H groups in total. The molecule has 6 nitrogen and oxygen atoms in total. The normalized spacial score (nSPS) is 12.2. The Kier molecular flexibility index (Phi) is 6.58. The van der Waals surface area contributed by atoms with Crippen LogP contribution in [0.4, 0.5) is 0 Å². The second kappa shape index (κ2) is 8.67. The molecule has 0 aliphatic carbocycles. The number of nitrogens with zero attached hydrogens (tertiary/aromatic N) is 2. The van der Waals surface area contributed by atoms with Crippen molar-refractivity contribution in [2.45, 2.75) is 26.8 Å². The summed E-state index contributed by atoms with van der Waals surface area (Å²) in [5.74, 6) is -0.954. The van der Waals surface area contributed by atoms with E-state index in [2.05, 4.69) is 10.4 Å². The standard InChI is InChI=1S/C19H22ClN3O3/c1-12(15-5-7-16(20)8-6-15)21-18(24)11-26-19(25)10-9-17-13(2)22-23(4)14(17)3/h5-10,12H,11H2,1-4H3,(H,21,24)/b10-9+/t12-/m1/s1. The van der Waals surface area contributed by atoms with E-state index in [9.17, 15) is 9.59 Å². The summed E-state index contributed by atoms with van der Waals surface area (Å²) in [6, 6.07) is 6.97. The Hall–Kier alpha value is -2.60. The van der Waals surface area contributed by atoms with E-state index in [4.69, 9.17) is 16.3 Å². The van der Waals surface area contributed by atoms with E-state index in [-0.39, 0.29) is 18.6 Å². The molecule has 7 heteroatoms. The summed E-state index contributed by atoms with van der Waals surface area (Å²) < 4.78 is 6.72. The van der Waals surface area contributed by atoms with E-state index < -0.39 is 5.97 Å². The number of amides is 1. The maximum absolute atomic E-state index is 11.9. The molecule has 0 fully saturated rings. The third-order valence-electron chi connectivity index (χ3n) is 4.04. The van der Waals surface area contributed by atoms with Gasteiger partial charge >= 0.3 is 5.97 Å². The van der Waals surface area contributed by atoms with Gasteiger partial charge in [0.25, 0.3) is 5.91 Å². The van der Waals surface area contributed by atoms with Gasteiger partial charge in [-0.05, 0) is 44.5 Å². The third-order valence-corrected chi connectivity index (χ3v) is 4.30. The summed E-state index contributed by atoms with van der Waals surface area (Å²) in [6.45, 7) is 5.28. The number of aryl methyl sites for hydroxylation is 2. The van der Waals surface area contributed by atoms with Gasteiger partial charge in [0, 0.05) is 29.4 Å². The van der Waals surface area contributed by atoms with Crippen molar-refractivity contribution in [3.8, 4) is 0 Å². The Bertz CT molecular complexity index is 825. The molecule has 2 rings (SSSR count). The van der Waals surface area contributed by atoms with Crippen molar-refractivity contribution in [2.75, 3.05) is 6.61 Å². The van der Waals surface area contributed by atoms with Gasteiger partial charge in [-0.2, -0.15) is 5.10 Å². The first-order chi connectivity index (χ1) is 12.3. The molecule has 1 amide bonds. The summed E-state index contributed by atoms with van der Waals surface area (Å²) in [4.78, 5) is 23.7. The number of halogens is 1. The Morgan fingerprint density at radius 1 is 1.31 bits per heavy atom. The number of esters is 1. The van der Waals surface area contributed by atoms with Crippen LogP contribution >= 0.6 is 11.6 Å². The highest BCUT2D eigenvalue weighted by Gasteiger charge is 2.11. The molecule has 26 heavy (non-hydrogen) atoms. The van der Waals surface area contributed by atoms with Gasteiger partial charge in [0.1, 0.15) is 0 Å². The average molecular weight is 376 g/mol. The van der Waals surface area contributed by atoms with Gasteiger partial charge in [0.15, 0.2) is 6.61 Å². The number of benzene rings is 1. The second-order valence-electron chi connectivity index (χ2n) is 5.99. The lowest BCUT2D eigenvalue weighted by atomic mass is 10.1. The molecule has 0 aliphatic rings. The fourth-order valence-electron chi connectivity index (χ4n) is 2.49. The lowest BCUT2D eigenvalue weighted by Gasteiger charge is -2.14. The molecule has 0 saturated heterocycles. The molecule has 2 aromatic rings. The molecule has 0 unspecified atom stereocenters. The lowest BCUT2D eigenvalue weighted by Crippen LogP contribution is -2.30. The Balaban J connectivity index is 1.83. The number of aromatic nitrogens is 2. The van der Waals surface area contributed by atoms with Crippen LogP contribution in [0.5, 0.6) is 0 Å². The summed E-state index contributed by atoms with van der Waals surface area (Å²) in [5, 5.41) is 7.67. The number of hydrogen-bond donors (Lipinski definition) is 1. The second-order valence-corrected chi connectivity index (χ2v) is 6.43. The monoisotopic (exact) mass is 375 g/mol. The van der Waals surface area contributed by atoms with Crippen molar-refractivity contribution >= 4 is 29.6 Å². The zero-order valence-electron chi connectivity index (χ0n) is 15.2. The Labute approximate surface area is 157 Å². The van der Waals surface area contributed by atoms with E-state index in [0.717, 1.165) is 22.5 Å². The van der Waals surface area contributed by atoms with Crippen LogP contribution in [0.15, 0.2) is 30.3 Å². The van der Waals surface area contributed by atoms with Crippen LogP contribution in [-0.2, 0) is 21.4 Å². The van der Waals surface area contributed by atoms with Crippen LogP contribution in [0.25, 0.3) is 6.08 Å². The van der Waals surface area contributed by atoms with Crippen LogP contribution < -0.4 is 5.32 Å². The lowest BCUT2D eigenvalue weighted by molar-refractivity contribution is -0.144. The van der Waals surface area contributed by atoms with Gasteiger partial charge < -0.3 is 10.1 Å². The maximum Gasteiger partial charge on any atom is 0.331 e. The summed E-state index contributed by atoms with van der Waals surface area (Å²) in [7, 11) is 1.84. The number of hydrogen-bond acceptors (Lipinski definition) is 4. The van der Waals surface area contributed by atoms with E-state index >= 15 is 0 Å². The molecule has 1 aromatic carbocycles. The molecule has 1 atom stereocenters. The molecular formula is C19H22ClN3O3. The van der Waals surface area contributed by atoms with Gasteiger partial charge in [-0.1, -0.05) is 23.7 Å². The summed E-state index contributed by atoms with van der Waals surface area (Å²) in [6.07, 6.45) is 2.95. The number of nitrogens with one attached hydrogen (secondary N) is 1. The Morgan fingerprint density at radius 3 is 2.54 bits per heavy atom. The van der Waals surface area contributed by atoms with Crippen LogP contribution in [0, 0.1) is 13.8 Å². The van der Waals surface area contributed by atoms with Gasteiger partial charge in [0.2, 0.25) is 0 Å². The van der Waals surface area contributed by atoms with E-state index in [1.807, 2.05) is 40.0 Å². The van der Waals surface area contributed by atoms with Crippen molar-refractivity contribution in [2.24, 2.45) is 7.05 Å². The predicted octanol–water partition coefficient (Wildman–Crippen LogP) is 3.12. The van der Waals surface area contributed by atoms with Gasteiger partial charge in [-0.3, -0.25) is 9.48 Å². The predicted molar refractivity (Wildman–Crippen MR) is 101 cm³/mol. The number of ether oxygens (including phenoxy) is 1. The van der Waals surface area contributed by atoms with Gasteiger partial charge in [-0.15, -0.1) is 0 Å². The quantitative estimate of drug-likeness (QED) is 0.622. The molecule has 0 radical (unpaired) electrons. The first-order valence-corrected chi connectivity index (χ1v) is 8.55. The highest BCUT2D eigenvalue weighted by atomic mass is 35.5. The third kappa shape index (κ3) is 5.20. The fraction of sp³-hybridized carbons (Fsp3) is 0.316. The fourth-order valence-corrected chi connectivity index (χ4v) is 2.61. The van der Waals surface area contributed by atoms with Gasteiger partial charge in [0.05, 0.1) is 11.7 Å². The SMILES string of the molecule is Cc1nn(C)c(C)c1/C=C/C(=O)OCC(=O)N[C@H](C)c1ccc(Cl)cc1. The highest BCUT2D eigenvalue weighted by Crippen LogP contribution is 2.16. The van der Waals surface area contributed by atoms with Crippen molar-refractivity contribution < 1.29 is 14.3 Å². The van der Waals surface area contributed by atoms with E-state index in [1.165, 1.54) is 6.08 Å². The smallest absolute Gasteiger partial charge is 0.331 e. The molecule has 0 spiro atoms. The first kappa shape index (κ1) is 19.7. The van der Waals surface area contributed by atoms with Crippen LogP contribution in [0.3, 0.4) is 0 Å². The van der Waals surface area contributed by atoms with E-state index in [1.54, 1.807) is 22.9 Å². The van der Waals surface area contributed by atoms with Crippen LogP contribution in [-0.4, -0.2) is 28.3 Å². The molecule has 1 aromatic heterocycles. The highest BCUT2D eigenvalue weighted by molar-refractivity contribution is 6.30. The molecule has 0 aliphatic heterocycles. The van der Waals surface area contributed by atoms with Crippen LogP contribution in [0.2, 0.25) is 5.02 Å². The van der Waals surface area contributed by atoms with Gasteiger partial charge in [-0.25, -0.2) is 4.79 Å². The minimum absolute atomic E-state index is 0.213. The topological polar surface area (TPSA) is 73.2 Å². The zero-order valence-corrected chi connectivity index (χ0v) is 16.0. The maximum atomic E-state index is 11.9. The summed E-state index contributed by atoms with van der Waals surface area (Å²) in [5.41, 5.74) is 3.55. The molecule has 0 saturated carbocycles. The summed E-state index contributed by atoms with van der Waals surface area (Å²) >= 11 is 5.84. The molecule has 1 heterocycles. The molecular weight excluding hydrogens is 354 g/mol. The zero-order chi connectivity index (χ0) is 19.3. The van der Waals surface area contributed by atoms with Crippen molar-refractivity contribution in [3.63, 3.8) is 0 Å². The van der Waals surface area contributed by atoms with Crippen molar-refractivity contribution in [1.82, 2.24) is 15.1 Å². The largest absolute Gasteiger partial charge is 0.452 e. The number of carbonyl (C=O) groups is 2.